The molecule has 22 heavy (non-hydrogen) atoms. The van der Waals surface area contributed by atoms with Gasteiger partial charge in [-0.1, -0.05) is 51.2 Å². The lowest BCUT2D eigenvalue weighted by Crippen LogP contribution is -1.96. The molecule has 0 unspecified atom stereocenters. The summed E-state index contributed by atoms with van der Waals surface area (Å²) >= 11 is 0. The summed E-state index contributed by atoms with van der Waals surface area (Å²) in [4.78, 5) is 0. The number of furan rings is 1. The van der Waals surface area contributed by atoms with Crippen molar-refractivity contribution < 1.29 is 4.42 Å². The maximum Gasteiger partial charge on any atom is 0.133 e. The second-order valence-corrected chi connectivity index (χ2v) is 6.45. The highest BCUT2D eigenvalue weighted by Crippen LogP contribution is 2.31. The van der Waals surface area contributed by atoms with Crippen LogP contribution in [0.4, 0.5) is 0 Å². The first kappa shape index (κ1) is 18.8. The summed E-state index contributed by atoms with van der Waals surface area (Å²) in [5, 5.41) is 0. The summed E-state index contributed by atoms with van der Waals surface area (Å²) in [6.45, 7) is 12.8. The van der Waals surface area contributed by atoms with Crippen molar-refractivity contribution in [3.05, 3.63) is 41.4 Å². The molecule has 0 aliphatic heterocycles. The monoisotopic (exact) mass is 302 g/mol. The number of rotatable bonds is 11. The van der Waals surface area contributed by atoms with E-state index in [2.05, 4.69) is 34.3 Å². The molecule has 124 valence electrons. The summed E-state index contributed by atoms with van der Waals surface area (Å²) in [6.07, 6.45) is 14.9. The highest BCUT2D eigenvalue weighted by molar-refractivity contribution is 5.68. The van der Waals surface area contributed by atoms with Crippen LogP contribution < -0.4 is 0 Å². The van der Waals surface area contributed by atoms with Crippen molar-refractivity contribution >= 4 is 5.57 Å². The summed E-state index contributed by atoms with van der Waals surface area (Å²) in [5.41, 5.74) is 5.55. The fraction of sp³-hybridized carbons (Fsp3) is 0.619. The maximum absolute atomic E-state index is 6.02. The van der Waals surface area contributed by atoms with Gasteiger partial charge in [0.05, 0.1) is 6.26 Å². The lowest BCUT2D eigenvalue weighted by atomic mass is 9.94. The van der Waals surface area contributed by atoms with E-state index >= 15 is 0 Å². The first-order valence-electron chi connectivity index (χ1n) is 9.02. The molecule has 1 nitrogen and oxygen atoms in total. The van der Waals surface area contributed by atoms with Gasteiger partial charge in [-0.15, -0.1) is 6.58 Å². The topological polar surface area (TPSA) is 13.1 Å². The molecule has 1 aromatic heterocycles. The molecule has 0 saturated carbocycles. The van der Waals surface area contributed by atoms with Gasteiger partial charge in [0.25, 0.3) is 0 Å². The third kappa shape index (κ3) is 5.51. The molecule has 0 bridgehead atoms. The van der Waals surface area contributed by atoms with E-state index in [1.54, 1.807) is 0 Å². The Hall–Kier alpha value is -1.24. The fourth-order valence-electron chi connectivity index (χ4n) is 2.92. The first-order chi connectivity index (χ1) is 10.7. The molecule has 0 saturated heterocycles. The molecule has 0 amide bonds. The lowest BCUT2D eigenvalue weighted by Gasteiger charge is -2.10. The van der Waals surface area contributed by atoms with Crippen LogP contribution in [0.15, 0.2) is 28.9 Å². The highest BCUT2D eigenvalue weighted by atomic mass is 16.3. The normalized spacial score (nSPS) is 10.7. The molecule has 0 fully saturated rings. The zero-order valence-electron chi connectivity index (χ0n) is 15.1. The van der Waals surface area contributed by atoms with E-state index in [0.717, 1.165) is 25.0 Å². The standard InChI is InChI=1S/C21H34O/c1-6-9-11-12-15-20-18(14-10-7-2)16-22-21(20)19(13-8-3)17(4)5/h8,16H,3,6-7,9-15H2,1-2,4-5H3. The van der Waals surface area contributed by atoms with Gasteiger partial charge in [-0.2, -0.15) is 0 Å². The van der Waals surface area contributed by atoms with Crippen LogP contribution in [0.25, 0.3) is 5.57 Å². The smallest absolute Gasteiger partial charge is 0.133 e. The van der Waals surface area contributed by atoms with E-state index < -0.39 is 0 Å². The predicted molar refractivity (Wildman–Crippen MR) is 98.2 cm³/mol. The van der Waals surface area contributed by atoms with Crippen LogP contribution in [0, 0.1) is 0 Å². The molecule has 1 rings (SSSR count). The van der Waals surface area contributed by atoms with E-state index in [-0.39, 0.29) is 0 Å². The Morgan fingerprint density at radius 1 is 1.05 bits per heavy atom. The van der Waals surface area contributed by atoms with Crippen molar-refractivity contribution in [3.63, 3.8) is 0 Å². The van der Waals surface area contributed by atoms with Crippen molar-refractivity contribution in [1.29, 1.82) is 0 Å². The summed E-state index contributed by atoms with van der Waals surface area (Å²) in [7, 11) is 0. The third-order valence-electron chi connectivity index (χ3n) is 4.29. The minimum absolute atomic E-state index is 0.894. The van der Waals surface area contributed by atoms with Gasteiger partial charge in [0.15, 0.2) is 0 Å². The van der Waals surface area contributed by atoms with Crippen LogP contribution in [-0.2, 0) is 12.8 Å². The number of hydrogen-bond donors (Lipinski definition) is 0. The molecule has 0 spiro atoms. The predicted octanol–water partition coefficient (Wildman–Crippen LogP) is 7.11. The van der Waals surface area contributed by atoms with E-state index in [1.165, 1.54) is 60.8 Å². The third-order valence-corrected chi connectivity index (χ3v) is 4.29. The molecule has 0 aliphatic rings. The number of hydrogen-bond acceptors (Lipinski definition) is 1. The van der Waals surface area contributed by atoms with Gasteiger partial charge in [-0.25, -0.2) is 0 Å². The first-order valence-corrected chi connectivity index (χ1v) is 9.02. The minimum atomic E-state index is 0.894. The van der Waals surface area contributed by atoms with Gasteiger partial charge in [-0.05, 0) is 57.1 Å². The van der Waals surface area contributed by atoms with Crippen LogP contribution >= 0.6 is 0 Å². The van der Waals surface area contributed by atoms with Crippen molar-refractivity contribution in [2.45, 2.75) is 85.5 Å². The average Bonchev–Trinajstić information content (AvgIpc) is 2.89. The lowest BCUT2D eigenvalue weighted by molar-refractivity contribution is 0.542. The van der Waals surface area contributed by atoms with Crippen molar-refractivity contribution in [2.24, 2.45) is 0 Å². The molecular weight excluding hydrogens is 268 g/mol. The van der Waals surface area contributed by atoms with E-state index in [1.807, 2.05) is 12.3 Å². The van der Waals surface area contributed by atoms with Gasteiger partial charge in [0.2, 0.25) is 0 Å². The van der Waals surface area contributed by atoms with E-state index in [9.17, 15) is 0 Å². The SMILES string of the molecule is C=CCC(=C(C)C)c1occ(CCCC)c1CCCCCC. The zero-order valence-corrected chi connectivity index (χ0v) is 15.1. The van der Waals surface area contributed by atoms with Gasteiger partial charge in [-0.3, -0.25) is 0 Å². The van der Waals surface area contributed by atoms with Gasteiger partial charge < -0.3 is 4.42 Å². The van der Waals surface area contributed by atoms with Crippen LogP contribution in [0.2, 0.25) is 0 Å². The van der Waals surface area contributed by atoms with Gasteiger partial charge in [0, 0.05) is 5.56 Å². The Morgan fingerprint density at radius 3 is 2.36 bits per heavy atom. The largest absolute Gasteiger partial charge is 0.464 e. The summed E-state index contributed by atoms with van der Waals surface area (Å²) in [6, 6.07) is 0. The number of unbranched alkanes of at least 4 members (excludes halogenated alkanes) is 4. The van der Waals surface area contributed by atoms with Crippen molar-refractivity contribution in [3.8, 4) is 0 Å². The molecule has 0 radical (unpaired) electrons. The molecule has 1 aromatic rings. The van der Waals surface area contributed by atoms with Gasteiger partial charge in [0.1, 0.15) is 5.76 Å². The molecule has 1 heteroatoms. The molecule has 0 atom stereocenters. The second kappa shape index (κ2) is 10.5. The Morgan fingerprint density at radius 2 is 1.77 bits per heavy atom. The van der Waals surface area contributed by atoms with Crippen LogP contribution in [0.3, 0.4) is 0 Å². The zero-order chi connectivity index (χ0) is 16.4. The molecule has 0 aliphatic carbocycles. The molecule has 0 N–H and O–H groups in total. The minimum Gasteiger partial charge on any atom is -0.464 e. The van der Waals surface area contributed by atoms with Crippen LogP contribution in [0.1, 0.15) is 89.5 Å². The molecule has 0 aromatic carbocycles. The quantitative estimate of drug-likeness (QED) is 0.313. The molecule has 1 heterocycles. The Labute approximate surface area is 137 Å². The Kier molecular flexibility index (Phi) is 8.96. The van der Waals surface area contributed by atoms with Crippen molar-refractivity contribution in [1.82, 2.24) is 0 Å². The van der Waals surface area contributed by atoms with Gasteiger partial charge >= 0.3 is 0 Å². The Balaban J connectivity index is 3.01. The van der Waals surface area contributed by atoms with Crippen LogP contribution in [0.5, 0.6) is 0 Å². The number of aryl methyl sites for hydroxylation is 1. The number of allylic oxidation sites excluding steroid dienone is 3. The summed E-state index contributed by atoms with van der Waals surface area (Å²) in [5.74, 6) is 1.13. The maximum atomic E-state index is 6.02. The van der Waals surface area contributed by atoms with Crippen molar-refractivity contribution in [2.75, 3.05) is 0 Å². The summed E-state index contributed by atoms with van der Waals surface area (Å²) < 4.78 is 6.02. The van der Waals surface area contributed by atoms with Crippen LogP contribution in [-0.4, -0.2) is 0 Å². The van der Waals surface area contributed by atoms with E-state index in [4.69, 9.17) is 4.42 Å². The average molecular weight is 303 g/mol. The highest BCUT2D eigenvalue weighted by Gasteiger charge is 2.17. The Bertz CT molecular complexity index is 472. The fourth-order valence-corrected chi connectivity index (χ4v) is 2.92. The molecular formula is C21H34O. The second-order valence-electron chi connectivity index (χ2n) is 6.45. The van der Waals surface area contributed by atoms with E-state index in [0.29, 0.717) is 0 Å².